The highest BCUT2D eigenvalue weighted by molar-refractivity contribution is 5.91. The Labute approximate surface area is 72.6 Å². The summed E-state index contributed by atoms with van der Waals surface area (Å²) in [4.78, 5) is 11.2. The molecule has 0 radical (unpaired) electrons. The molecule has 66 valence electrons. The molecule has 1 saturated carbocycles. The predicted molar refractivity (Wildman–Crippen MR) is 45.6 cm³/mol. The largest absolute Gasteiger partial charge is 0.454 e. The first kappa shape index (κ1) is 7.84. The minimum atomic E-state index is -0.0934. The minimum Gasteiger partial charge on any atom is -0.454 e. The van der Waals surface area contributed by atoms with Crippen molar-refractivity contribution in [2.24, 2.45) is 5.92 Å². The summed E-state index contributed by atoms with van der Waals surface area (Å²) in [5, 5.41) is 0. The molecule has 0 aromatic rings. The van der Waals surface area contributed by atoms with Crippen LogP contribution >= 0.6 is 0 Å². The second kappa shape index (κ2) is 2.61. The molecule has 1 aliphatic carbocycles. The highest BCUT2D eigenvalue weighted by Gasteiger charge is 2.34. The Kier molecular flexibility index (Phi) is 1.71. The van der Waals surface area contributed by atoms with Gasteiger partial charge in [-0.3, -0.25) is 0 Å². The van der Waals surface area contributed by atoms with Gasteiger partial charge in [-0.15, -0.1) is 0 Å². The second-order valence-corrected chi connectivity index (χ2v) is 3.92. The van der Waals surface area contributed by atoms with E-state index < -0.39 is 0 Å². The molecule has 1 aliphatic heterocycles. The summed E-state index contributed by atoms with van der Waals surface area (Å²) in [6.07, 6.45) is 3.42. The van der Waals surface area contributed by atoms with Crippen LogP contribution in [0.1, 0.15) is 33.1 Å². The average Bonchev–Trinajstić information content (AvgIpc) is 2.28. The molecule has 2 aliphatic rings. The topological polar surface area (TPSA) is 26.3 Å². The Morgan fingerprint density at radius 1 is 1.50 bits per heavy atom. The van der Waals surface area contributed by atoms with E-state index in [0.717, 1.165) is 18.4 Å². The van der Waals surface area contributed by atoms with Crippen LogP contribution in [0.4, 0.5) is 0 Å². The third-order valence-corrected chi connectivity index (χ3v) is 2.95. The third-order valence-electron chi connectivity index (χ3n) is 2.95. The van der Waals surface area contributed by atoms with E-state index in [0.29, 0.717) is 5.92 Å². The monoisotopic (exact) mass is 166 g/mol. The van der Waals surface area contributed by atoms with Crippen molar-refractivity contribution in [3.63, 3.8) is 0 Å². The molecule has 0 spiro atoms. The fraction of sp³-hybridized carbons (Fsp3) is 0.700. The summed E-state index contributed by atoms with van der Waals surface area (Å²) in [6, 6.07) is 0. The lowest BCUT2D eigenvalue weighted by molar-refractivity contribution is -0.140. The quantitative estimate of drug-likeness (QED) is 0.515. The van der Waals surface area contributed by atoms with Crippen molar-refractivity contribution < 1.29 is 9.53 Å². The Balaban J connectivity index is 2.23. The van der Waals surface area contributed by atoms with Crippen LogP contribution < -0.4 is 0 Å². The summed E-state index contributed by atoms with van der Waals surface area (Å²) in [7, 11) is 0. The predicted octanol–water partition coefficient (Wildman–Crippen LogP) is 2.05. The smallest absolute Gasteiger partial charge is 0.334 e. The molecule has 0 N–H and O–H groups in total. The number of ether oxygens (including phenoxy) is 1. The Hall–Kier alpha value is -0.790. The van der Waals surface area contributed by atoms with Gasteiger partial charge in [0.1, 0.15) is 6.10 Å². The van der Waals surface area contributed by atoms with Crippen molar-refractivity contribution in [2.45, 2.75) is 39.2 Å². The lowest BCUT2D eigenvalue weighted by atomic mass is 9.84. The Bertz CT molecular complexity index is 253. The number of hydrogen-bond acceptors (Lipinski definition) is 2. The van der Waals surface area contributed by atoms with Crippen molar-refractivity contribution in [3.05, 3.63) is 11.1 Å². The van der Waals surface area contributed by atoms with Gasteiger partial charge >= 0.3 is 5.97 Å². The van der Waals surface area contributed by atoms with Gasteiger partial charge in [0.05, 0.1) is 0 Å². The van der Waals surface area contributed by atoms with Gasteiger partial charge in [-0.2, -0.15) is 0 Å². The molecule has 0 amide bonds. The second-order valence-electron chi connectivity index (χ2n) is 3.92. The standard InChI is InChI=1S/C10H14O2/c1-6-3-4-8-7(2)10(11)12-9(8)5-6/h6,9H,3-5H2,1-2H3/t6-,9+/m1/s1. The molecule has 12 heavy (non-hydrogen) atoms. The van der Waals surface area contributed by atoms with Crippen LogP contribution in [0.3, 0.4) is 0 Å². The molecular weight excluding hydrogens is 152 g/mol. The zero-order valence-corrected chi connectivity index (χ0v) is 7.59. The summed E-state index contributed by atoms with van der Waals surface area (Å²) < 4.78 is 5.23. The van der Waals surface area contributed by atoms with Gasteiger partial charge in [0.25, 0.3) is 0 Å². The van der Waals surface area contributed by atoms with Crippen LogP contribution in [0.5, 0.6) is 0 Å². The highest BCUT2D eigenvalue weighted by Crippen LogP contribution is 2.36. The van der Waals surface area contributed by atoms with E-state index in [-0.39, 0.29) is 12.1 Å². The molecule has 2 atom stereocenters. The van der Waals surface area contributed by atoms with Gasteiger partial charge in [0.2, 0.25) is 0 Å². The zero-order valence-electron chi connectivity index (χ0n) is 7.59. The van der Waals surface area contributed by atoms with Crippen molar-refractivity contribution in [2.75, 3.05) is 0 Å². The first-order valence-corrected chi connectivity index (χ1v) is 4.59. The van der Waals surface area contributed by atoms with Gasteiger partial charge in [-0.1, -0.05) is 6.92 Å². The maximum Gasteiger partial charge on any atom is 0.334 e. The van der Waals surface area contributed by atoms with Gasteiger partial charge < -0.3 is 4.74 Å². The van der Waals surface area contributed by atoms with Crippen LogP contribution in [0.2, 0.25) is 0 Å². The van der Waals surface area contributed by atoms with Gasteiger partial charge in [0.15, 0.2) is 0 Å². The third kappa shape index (κ3) is 1.06. The van der Waals surface area contributed by atoms with Gasteiger partial charge in [-0.05, 0) is 37.7 Å². The number of carbonyl (C=O) groups excluding carboxylic acids is 1. The number of esters is 1. The zero-order chi connectivity index (χ0) is 8.72. The number of rotatable bonds is 0. The summed E-state index contributed by atoms with van der Waals surface area (Å²) in [6.45, 7) is 4.10. The number of hydrogen-bond donors (Lipinski definition) is 0. The fourth-order valence-corrected chi connectivity index (χ4v) is 2.09. The van der Waals surface area contributed by atoms with E-state index in [2.05, 4.69) is 6.92 Å². The number of fused-ring (bicyclic) bond motifs is 1. The molecule has 0 unspecified atom stereocenters. The molecule has 1 fully saturated rings. The molecular formula is C10H14O2. The van der Waals surface area contributed by atoms with E-state index in [1.165, 1.54) is 12.0 Å². The first-order valence-electron chi connectivity index (χ1n) is 4.59. The summed E-state index contributed by atoms with van der Waals surface area (Å²) >= 11 is 0. The molecule has 0 aromatic heterocycles. The molecule has 2 heteroatoms. The SMILES string of the molecule is CC1=C2CC[C@@H](C)C[C@@H]2OC1=O. The van der Waals surface area contributed by atoms with Crippen LogP contribution in [-0.4, -0.2) is 12.1 Å². The minimum absolute atomic E-state index is 0.0934. The van der Waals surface area contributed by atoms with Crippen molar-refractivity contribution >= 4 is 5.97 Å². The van der Waals surface area contributed by atoms with Crippen LogP contribution in [-0.2, 0) is 9.53 Å². The lowest BCUT2D eigenvalue weighted by Crippen LogP contribution is -2.20. The van der Waals surface area contributed by atoms with E-state index in [1.54, 1.807) is 0 Å². The fourth-order valence-electron chi connectivity index (χ4n) is 2.09. The van der Waals surface area contributed by atoms with Gasteiger partial charge in [-0.25, -0.2) is 4.79 Å². The molecule has 0 bridgehead atoms. The summed E-state index contributed by atoms with van der Waals surface area (Å²) in [5.74, 6) is 0.613. The Morgan fingerprint density at radius 3 is 3.00 bits per heavy atom. The highest BCUT2D eigenvalue weighted by atomic mass is 16.5. The van der Waals surface area contributed by atoms with Crippen LogP contribution in [0.15, 0.2) is 11.1 Å². The van der Waals surface area contributed by atoms with Crippen molar-refractivity contribution in [1.82, 2.24) is 0 Å². The molecule has 2 rings (SSSR count). The van der Waals surface area contributed by atoms with E-state index >= 15 is 0 Å². The van der Waals surface area contributed by atoms with Crippen LogP contribution in [0, 0.1) is 5.92 Å². The van der Waals surface area contributed by atoms with Crippen molar-refractivity contribution in [3.8, 4) is 0 Å². The first-order chi connectivity index (χ1) is 5.68. The van der Waals surface area contributed by atoms with E-state index in [4.69, 9.17) is 4.74 Å². The van der Waals surface area contributed by atoms with E-state index in [9.17, 15) is 4.79 Å². The molecule has 2 nitrogen and oxygen atoms in total. The molecule has 0 saturated heterocycles. The molecule has 1 heterocycles. The van der Waals surface area contributed by atoms with Crippen molar-refractivity contribution in [1.29, 1.82) is 0 Å². The lowest BCUT2D eigenvalue weighted by Gasteiger charge is -2.24. The Morgan fingerprint density at radius 2 is 2.25 bits per heavy atom. The maximum atomic E-state index is 11.2. The normalized spacial score (nSPS) is 35.0. The van der Waals surface area contributed by atoms with Crippen LogP contribution in [0.25, 0.3) is 0 Å². The van der Waals surface area contributed by atoms with Gasteiger partial charge in [0, 0.05) is 5.57 Å². The molecule has 0 aromatic carbocycles. The van der Waals surface area contributed by atoms with E-state index in [1.807, 2.05) is 6.92 Å². The average molecular weight is 166 g/mol. The maximum absolute atomic E-state index is 11.2. The number of carbonyl (C=O) groups is 1. The summed E-state index contributed by atoms with van der Waals surface area (Å²) in [5.41, 5.74) is 2.13.